The number of rotatable bonds is 5. The molecule has 0 bridgehead atoms. The highest BCUT2D eigenvalue weighted by atomic mass is 16.5. The summed E-state index contributed by atoms with van der Waals surface area (Å²) in [5, 5.41) is 2.13. The standard InChI is InChI=1S/C23H24N4O2/c28-23(19-11-21(12-19)27-5-7-29-8-6-27)13-20-10-18-9-16(1-2-17(18)14-26-20)22-15-24-3-4-25-22/h1-4,9-10,14-15,19,21H,5-8,11-13H2. The van der Waals surface area contributed by atoms with Crippen LogP contribution in [0.4, 0.5) is 0 Å². The summed E-state index contributed by atoms with van der Waals surface area (Å²) in [5.74, 6) is 0.484. The van der Waals surface area contributed by atoms with E-state index in [0.29, 0.717) is 18.2 Å². The molecule has 29 heavy (non-hydrogen) atoms. The Morgan fingerprint density at radius 1 is 1.03 bits per heavy atom. The van der Waals surface area contributed by atoms with Crippen molar-refractivity contribution in [2.75, 3.05) is 26.3 Å². The molecule has 1 saturated heterocycles. The molecule has 0 spiro atoms. The normalized spacial score (nSPS) is 22.3. The Labute approximate surface area is 170 Å². The number of carbonyl (C=O) groups excluding carboxylic acids is 1. The molecule has 6 heteroatoms. The summed E-state index contributed by atoms with van der Waals surface area (Å²) in [5.41, 5.74) is 2.70. The number of ketones is 1. The summed E-state index contributed by atoms with van der Waals surface area (Å²) in [6.45, 7) is 3.61. The van der Waals surface area contributed by atoms with E-state index in [1.54, 1.807) is 18.6 Å². The monoisotopic (exact) mass is 388 g/mol. The molecule has 0 N–H and O–H groups in total. The van der Waals surface area contributed by atoms with Gasteiger partial charge in [-0.1, -0.05) is 12.1 Å². The van der Waals surface area contributed by atoms with Crippen LogP contribution >= 0.6 is 0 Å². The average Bonchev–Trinajstić information content (AvgIpc) is 2.73. The Kier molecular flexibility index (Phi) is 5.04. The second kappa shape index (κ2) is 7.97. The van der Waals surface area contributed by atoms with Crippen molar-refractivity contribution >= 4 is 16.6 Å². The molecule has 5 rings (SSSR count). The van der Waals surface area contributed by atoms with E-state index in [9.17, 15) is 4.79 Å². The molecule has 6 nitrogen and oxygen atoms in total. The van der Waals surface area contributed by atoms with E-state index < -0.39 is 0 Å². The number of ether oxygens (including phenoxy) is 1. The third-order valence-electron chi connectivity index (χ3n) is 6.12. The van der Waals surface area contributed by atoms with Gasteiger partial charge in [0.15, 0.2) is 0 Å². The first-order valence-electron chi connectivity index (χ1n) is 10.3. The van der Waals surface area contributed by atoms with E-state index in [0.717, 1.165) is 66.9 Å². The molecule has 1 aliphatic carbocycles. The maximum Gasteiger partial charge on any atom is 0.142 e. The summed E-state index contributed by atoms with van der Waals surface area (Å²) < 4.78 is 5.42. The molecule has 0 amide bonds. The third-order valence-corrected chi connectivity index (χ3v) is 6.12. The van der Waals surface area contributed by atoms with Crippen molar-refractivity contribution in [2.45, 2.75) is 25.3 Å². The fourth-order valence-corrected chi connectivity index (χ4v) is 4.31. The van der Waals surface area contributed by atoms with Gasteiger partial charge in [-0.25, -0.2) is 0 Å². The minimum atomic E-state index is 0.172. The predicted octanol–water partition coefficient (Wildman–Crippen LogP) is 2.91. The topological polar surface area (TPSA) is 68.2 Å². The first-order chi connectivity index (χ1) is 14.3. The Hall–Kier alpha value is -2.70. The molecule has 3 heterocycles. The number of fused-ring (bicyclic) bond motifs is 1. The van der Waals surface area contributed by atoms with Crippen LogP contribution in [0, 0.1) is 5.92 Å². The summed E-state index contributed by atoms with van der Waals surface area (Å²) in [7, 11) is 0. The zero-order valence-electron chi connectivity index (χ0n) is 16.3. The van der Waals surface area contributed by atoms with Crippen LogP contribution in [-0.4, -0.2) is 58.0 Å². The molecule has 3 aromatic rings. The van der Waals surface area contributed by atoms with Gasteiger partial charge in [0.1, 0.15) is 5.78 Å². The SMILES string of the molecule is O=C(Cc1cc2cc(-c3cnccn3)ccc2cn1)C1CC(N2CCOCC2)C1. The van der Waals surface area contributed by atoms with Crippen LogP contribution in [0.1, 0.15) is 18.5 Å². The number of aromatic nitrogens is 3. The molecule has 0 unspecified atom stereocenters. The van der Waals surface area contributed by atoms with Gasteiger partial charge in [0.25, 0.3) is 0 Å². The molecular weight excluding hydrogens is 364 g/mol. The van der Waals surface area contributed by atoms with Crippen molar-refractivity contribution in [3.8, 4) is 11.3 Å². The highest BCUT2D eigenvalue weighted by Gasteiger charge is 2.37. The van der Waals surface area contributed by atoms with Crippen molar-refractivity contribution in [1.29, 1.82) is 0 Å². The minimum absolute atomic E-state index is 0.172. The smallest absolute Gasteiger partial charge is 0.142 e. The number of nitrogens with zero attached hydrogens (tertiary/aromatic N) is 4. The largest absolute Gasteiger partial charge is 0.379 e. The van der Waals surface area contributed by atoms with Gasteiger partial charge in [0, 0.05) is 66.7 Å². The summed E-state index contributed by atoms with van der Waals surface area (Å²) in [6.07, 6.45) is 9.34. The number of hydrogen-bond acceptors (Lipinski definition) is 6. The van der Waals surface area contributed by atoms with Gasteiger partial charge in [-0.3, -0.25) is 24.6 Å². The minimum Gasteiger partial charge on any atom is -0.379 e. The zero-order valence-corrected chi connectivity index (χ0v) is 16.3. The molecule has 0 radical (unpaired) electrons. The Balaban J connectivity index is 1.26. The van der Waals surface area contributed by atoms with E-state index in [-0.39, 0.29) is 5.92 Å². The first kappa shape index (κ1) is 18.3. The van der Waals surface area contributed by atoms with Gasteiger partial charge in [-0.05, 0) is 30.4 Å². The van der Waals surface area contributed by atoms with Crippen LogP contribution < -0.4 is 0 Å². The van der Waals surface area contributed by atoms with Crippen molar-refractivity contribution in [3.63, 3.8) is 0 Å². The number of carbonyl (C=O) groups is 1. The van der Waals surface area contributed by atoms with Gasteiger partial charge in [0.05, 0.1) is 25.1 Å². The van der Waals surface area contributed by atoms with Crippen LogP contribution in [0.25, 0.3) is 22.0 Å². The molecule has 2 fully saturated rings. The molecule has 1 aromatic carbocycles. The average molecular weight is 388 g/mol. The van der Waals surface area contributed by atoms with Crippen LogP contribution in [0.15, 0.2) is 49.1 Å². The van der Waals surface area contributed by atoms with Crippen molar-refractivity contribution in [2.24, 2.45) is 5.92 Å². The lowest BCUT2D eigenvalue weighted by molar-refractivity contribution is -0.127. The summed E-state index contributed by atoms with van der Waals surface area (Å²) in [6, 6.07) is 8.74. The zero-order chi connectivity index (χ0) is 19.6. The predicted molar refractivity (Wildman–Crippen MR) is 110 cm³/mol. The Bertz CT molecular complexity index is 1010. The molecule has 0 atom stereocenters. The van der Waals surface area contributed by atoms with E-state index in [1.165, 1.54) is 0 Å². The first-order valence-corrected chi connectivity index (χ1v) is 10.3. The number of hydrogen-bond donors (Lipinski definition) is 0. The Morgan fingerprint density at radius 2 is 1.90 bits per heavy atom. The van der Waals surface area contributed by atoms with Gasteiger partial charge >= 0.3 is 0 Å². The van der Waals surface area contributed by atoms with E-state index in [4.69, 9.17) is 4.74 Å². The maximum atomic E-state index is 12.7. The fraction of sp³-hybridized carbons (Fsp3) is 0.391. The van der Waals surface area contributed by atoms with Crippen molar-refractivity contribution < 1.29 is 9.53 Å². The highest BCUT2D eigenvalue weighted by Crippen LogP contribution is 2.33. The second-order valence-corrected chi connectivity index (χ2v) is 7.94. The Morgan fingerprint density at radius 3 is 2.69 bits per heavy atom. The lowest BCUT2D eigenvalue weighted by Gasteiger charge is -2.43. The summed E-state index contributed by atoms with van der Waals surface area (Å²) >= 11 is 0. The molecule has 2 aromatic heterocycles. The molecular formula is C23H24N4O2. The van der Waals surface area contributed by atoms with Gasteiger partial charge in [-0.15, -0.1) is 0 Å². The van der Waals surface area contributed by atoms with E-state index in [2.05, 4.69) is 25.9 Å². The maximum absolute atomic E-state index is 12.7. The van der Waals surface area contributed by atoms with Crippen LogP contribution in [-0.2, 0) is 16.0 Å². The molecule has 1 saturated carbocycles. The van der Waals surface area contributed by atoms with E-state index in [1.807, 2.05) is 24.4 Å². The van der Waals surface area contributed by atoms with Crippen molar-refractivity contribution in [3.05, 3.63) is 54.7 Å². The number of benzene rings is 1. The molecule has 1 aliphatic heterocycles. The van der Waals surface area contributed by atoms with E-state index >= 15 is 0 Å². The fourth-order valence-electron chi connectivity index (χ4n) is 4.31. The van der Waals surface area contributed by atoms with Gasteiger partial charge < -0.3 is 4.74 Å². The lowest BCUT2D eigenvalue weighted by atomic mass is 9.75. The van der Waals surface area contributed by atoms with Gasteiger partial charge in [0.2, 0.25) is 0 Å². The number of pyridine rings is 1. The molecule has 148 valence electrons. The number of Topliss-reactive ketones (excluding diaryl/α,β-unsaturated/α-hetero) is 1. The quantitative estimate of drug-likeness (QED) is 0.669. The molecule has 2 aliphatic rings. The van der Waals surface area contributed by atoms with Crippen LogP contribution in [0.3, 0.4) is 0 Å². The van der Waals surface area contributed by atoms with Crippen LogP contribution in [0.5, 0.6) is 0 Å². The van der Waals surface area contributed by atoms with Crippen LogP contribution in [0.2, 0.25) is 0 Å². The lowest BCUT2D eigenvalue weighted by Crippen LogP contribution is -2.51. The second-order valence-electron chi connectivity index (χ2n) is 7.94. The third kappa shape index (κ3) is 3.91. The highest BCUT2D eigenvalue weighted by molar-refractivity contribution is 5.88. The number of morpholine rings is 1. The van der Waals surface area contributed by atoms with Crippen molar-refractivity contribution in [1.82, 2.24) is 19.9 Å². The summed E-state index contributed by atoms with van der Waals surface area (Å²) in [4.78, 5) is 28.3. The van der Waals surface area contributed by atoms with Gasteiger partial charge in [-0.2, -0.15) is 0 Å².